The van der Waals surface area contributed by atoms with Gasteiger partial charge >= 0.3 is 0 Å². The third-order valence-electron chi connectivity index (χ3n) is 6.84. The molecule has 0 spiro atoms. The van der Waals surface area contributed by atoms with Crippen molar-refractivity contribution in [2.75, 3.05) is 33.4 Å². The Kier molecular flexibility index (Phi) is 5.64. The number of hydrogen-bond donors (Lipinski definition) is 2. The second-order valence-electron chi connectivity index (χ2n) is 8.74. The van der Waals surface area contributed by atoms with Crippen LogP contribution < -0.4 is 10.6 Å². The van der Waals surface area contributed by atoms with Crippen molar-refractivity contribution in [1.29, 1.82) is 0 Å². The van der Waals surface area contributed by atoms with Crippen LogP contribution in [0.25, 0.3) is 0 Å². The minimum Gasteiger partial charge on any atom is -0.378 e. The zero-order chi connectivity index (χ0) is 19.6. The number of pyridine rings is 1. The molecule has 29 heavy (non-hydrogen) atoms. The molecule has 1 unspecified atom stereocenters. The highest BCUT2D eigenvalue weighted by Crippen LogP contribution is 2.33. The average molecular weight is 393 g/mol. The molecule has 3 heterocycles. The van der Waals surface area contributed by atoms with E-state index >= 15 is 0 Å². The molecule has 0 amide bonds. The molecule has 5 heteroatoms. The first kappa shape index (κ1) is 19.2. The normalized spacial score (nSPS) is 26.8. The molecule has 1 aliphatic carbocycles. The predicted octanol–water partition coefficient (Wildman–Crippen LogP) is 2.77. The summed E-state index contributed by atoms with van der Waals surface area (Å²) in [5.74, 6) is 0. The van der Waals surface area contributed by atoms with E-state index in [9.17, 15) is 0 Å². The van der Waals surface area contributed by atoms with Crippen molar-refractivity contribution in [3.05, 3.63) is 64.5 Å². The van der Waals surface area contributed by atoms with Crippen LogP contribution in [0.4, 0.5) is 0 Å². The fourth-order valence-electron chi connectivity index (χ4n) is 5.35. The first-order valence-electron chi connectivity index (χ1n) is 11.1. The molecule has 2 N–H and O–H groups in total. The van der Waals surface area contributed by atoms with E-state index in [0.717, 1.165) is 39.3 Å². The van der Waals surface area contributed by atoms with E-state index in [4.69, 9.17) is 9.72 Å². The average Bonchev–Trinajstić information content (AvgIpc) is 2.79. The van der Waals surface area contributed by atoms with Crippen LogP contribution in [0.2, 0.25) is 0 Å². The summed E-state index contributed by atoms with van der Waals surface area (Å²) < 4.78 is 5.74. The first-order chi connectivity index (χ1) is 14.3. The molecule has 3 aliphatic rings. The molecule has 3 atom stereocenters. The molecule has 154 valence electrons. The van der Waals surface area contributed by atoms with Crippen molar-refractivity contribution in [3.63, 3.8) is 0 Å². The lowest BCUT2D eigenvalue weighted by Gasteiger charge is -2.37. The maximum Gasteiger partial charge on any atom is 0.0662 e. The quantitative estimate of drug-likeness (QED) is 0.838. The summed E-state index contributed by atoms with van der Waals surface area (Å²) in [6.45, 7) is 4.53. The van der Waals surface area contributed by atoms with Crippen molar-refractivity contribution in [2.24, 2.45) is 0 Å². The number of morpholine rings is 1. The van der Waals surface area contributed by atoms with Gasteiger partial charge in [-0.2, -0.15) is 0 Å². The highest BCUT2D eigenvalue weighted by atomic mass is 16.5. The van der Waals surface area contributed by atoms with Crippen LogP contribution in [0.5, 0.6) is 0 Å². The predicted molar refractivity (Wildman–Crippen MR) is 115 cm³/mol. The van der Waals surface area contributed by atoms with Gasteiger partial charge in [0, 0.05) is 31.9 Å². The number of fused-ring (bicyclic) bond motifs is 2. The Hall–Kier alpha value is -1.79. The molecule has 5 rings (SSSR count). The second-order valence-corrected chi connectivity index (χ2v) is 8.74. The van der Waals surface area contributed by atoms with Crippen LogP contribution in [0.1, 0.15) is 52.9 Å². The van der Waals surface area contributed by atoms with E-state index in [1.165, 1.54) is 47.2 Å². The van der Waals surface area contributed by atoms with Gasteiger partial charge in [0.1, 0.15) is 0 Å². The molecule has 1 aromatic heterocycles. The lowest BCUT2D eigenvalue weighted by Crippen LogP contribution is -2.46. The Morgan fingerprint density at radius 2 is 2.10 bits per heavy atom. The van der Waals surface area contributed by atoms with Gasteiger partial charge in [-0.3, -0.25) is 9.88 Å². The number of aromatic nitrogens is 1. The molecule has 0 bridgehead atoms. The van der Waals surface area contributed by atoms with E-state index in [1.807, 2.05) is 6.20 Å². The van der Waals surface area contributed by atoms with Gasteiger partial charge in [-0.1, -0.05) is 24.3 Å². The summed E-state index contributed by atoms with van der Waals surface area (Å²) in [5.41, 5.74) is 7.12. The number of nitrogens with one attached hydrogen (secondary N) is 2. The second kappa shape index (κ2) is 8.52. The molecule has 1 aromatic carbocycles. The van der Waals surface area contributed by atoms with Crippen molar-refractivity contribution in [3.8, 4) is 0 Å². The van der Waals surface area contributed by atoms with E-state index in [1.54, 1.807) is 0 Å². The van der Waals surface area contributed by atoms with Gasteiger partial charge in [-0.05, 0) is 61.1 Å². The van der Waals surface area contributed by atoms with E-state index in [2.05, 4.69) is 52.9 Å². The fourth-order valence-corrected chi connectivity index (χ4v) is 5.35. The molecule has 2 aliphatic heterocycles. The summed E-state index contributed by atoms with van der Waals surface area (Å²) in [6.07, 6.45) is 6.66. The standard InChI is InChI=1S/C24H32N4O/c1-28(23-9-3-5-17-7-4-10-26-24(17)23)15-19-13-21-18(14-27-19)6-2-8-20(21)22-16-29-12-11-25-22/h2,4,6-8,10,19,22-23,25,27H,3,5,9,11-16H2,1H3/t19-,22?,23-/m0/s1. The van der Waals surface area contributed by atoms with E-state index < -0.39 is 0 Å². The smallest absolute Gasteiger partial charge is 0.0662 e. The third kappa shape index (κ3) is 3.97. The van der Waals surface area contributed by atoms with Gasteiger partial charge in [0.25, 0.3) is 0 Å². The lowest BCUT2D eigenvalue weighted by molar-refractivity contribution is 0.0764. The summed E-state index contributed by atoms with van der Waals surface area (Å²) in [6, 6.07) is 12.3. The Balaban J connectivity index is 1.31. The van der Waals surface area contributed by atoms with Crippen LogP contribution in [-0.4, -0.2) is 49.3 Å². The number of nitrogens with zero attached hydrogens (tertiary/aromatic N) is 2. The molecule has 5 nitrogen and oxygen atoms in total. The van der Waals surface area contributed by atoms with Gasteiger partial charge in [-0.15, -0.1) is 0 Å². The zero-order valence-corrected chi connectivity index (χ0v) is 17.4. The number of aryl methyl sites for hydroxylation is 1. The molecule has 0 radical (unpaired) electrons. The maximum absolute atomic E-state index is 5.74. The fraction of sp³-hybridized carbons (Fsp3) is 0.542. The molecule has 0 saturated carbocycles. The monoisotopic (exact) mass is 392 g/mol. The Morgan fingerprint density at radius 3 is 3.00 bits per heavy atom. The largest absolute Gasteiger partial charge is 0.378 e. The highest BCUT2D eigenvalue weighted by Gasteiger charge is 2.29. The van der Waals surface area contributed by atoms with Crippen LogP contribution in [0.15, 0.2) is 36.5 Å². The molecule has 2 aromatic rings. The number of ether oxygens (including phenoxy) is 1. The summed E-state index contributed by atoms with van der Waals surface area (Å²) >= 11 is 0. The lowest BCUT2D eigenvalue weighted by atomic mass is 9.87. The topological polar surface area (TPSA) is 49.4 Å². The van der Waals surface area contributed by atoms with Crippen LogP contribution >= 0.6 is 0 Å². The van der Waals surface area contributed by atoms with Gasteiger partial charge in [0.05, 0.1) is 31.0 Å². The van der Waals surface area contributed by atoms with Crippen molar-refractivity contribution in [1.82, 2.24) is 20.5 Å². The Bertz CT molecular complexity index is 849. The molecular weight excluding hydrogens is 360 g/mol. The van der Waals surface area contributed by atoms with Crippen LogP contribution in [-0.2, 0) is 24.1 Å². The van der Waals surface area contributed by atoms with Crippen LogP contribution in [0, 0.1) is 0 Å². The summed E-state index contributed by atoms with van der Waals surface area (Å²) in [7, 11) is 2.27. The first-order valence-corrected chi connectivity index (χ1v) is 11.1. The van der Waals surface area contributed by atoms with Gasteiger partial charge in [-0.25, -0.2) is 0 Å². The van der Waals surface area contributed by atoms with E-state index in [-0.39, 0.29) is 0 Å². The molecule has 1 fully saturated rings. The highest BCUT2D eigenvalue weighted by molar-refractivity contribution is 5.40. The zero-order valence-electron chi connectivity index (χ0n) is 17.4. The van der Waals surface area contributed by atoms with Crippen molar-refractivity contribution >= 4 is 0 Å². The summed E-state index contributed by atoms with van der Waals surface area (Å²) in [4.78, 5) is 7.27. The molecule has 1 saturated heterocycles. The minimum atomic E-state index is 0.324. The Morgan fingerprint density at radius 1 is 1.17 bits per heavy atom. The number of hydrogen-bond acceptors (Lipinski definition) is 5. The van der Waals surface area contributed by atoms with E-state index in [0.29, 0.717) is 18.1 Å². The maximum atomic E-state index is 5.74. The van der Waals surface area contributed by atoms with Gasteiger partial charge < -0.3 is 15.4 Å². The SMILES string of the molecule is CN(C[C@@H]1Cc2c(cccc2C2COCCN2)CN1)[C@H]1CCCc2cccnc21. The van der Waals surface area contributed by atoms with Crippen molar-refractivity contribution in [2.45, 2.75) is 50.4 Å². The van der Waals surface area contributed by atoms with Gasteiger partial charge in [0.15, 0.2) is 0 Å². The Labute approximate surface area is 173 Å². The van der Waals surface area contributed by atoms with Crippen LogP contribution in [0.3, 0.4) is 0 Å². The minimum absolute atomic E-state index is 0.324. The van der Waals surface area contributed by atoms with Crippen molar-refractivity contribution < 1.29 is 4.74 Å². The number of likely N-dealkylation sites (N-methyl/N-ethyl adjacent to an activating group) is 1. The number of benzene rings is 1. The molecular formula is C24H32N4O. The third-order valence-corrected chi connectivity index (χ3v) is 6.84. The van der Waals surface area contributed by atoms with Gasteiger partial charge in [0.2, 0.25) is 0 Å². The number of rotatable bonds is 4. The summed E-state index contributed by atoms with van der Waals surface area (Å²) in [5, 5.41) is 7.43.